The van der Waals surface area contributed by atoms with Crippen LogP contribution in [-0.4, -0.2) is 53.2 Å². The molecule has 2 amide bonds. The van der Waals surface area contributed by atoms with E-state index in [0.29, 0.717) is 19.3 Å². The first-order valence-corrected chi connectivity index (χ1v) is 12.5. The van der Waals surface area contributed by atoms with Crippen LogP contribution in [0.2, 0.25) is 0 Å². The standard InChI is InChI=1S/C28H34N2O5/c1-3-8-20(15-26(31)30-16-19(27(32)33)14-13-18(30)2)29-28(34)35-17-25-23-11-6-4-9-21(23)22-10-5-7-12-24(22)25/h4-7,9-12,18-20,25H,3,8,13-17H2,1-2H3,(H,29,34)(H,32,33). The van der Waals surface area contributed by atoms with Crippen LogP contribution in [0.3, 0.4) is 0 Å². The predicted molar refractivity (Wildman–Crippen MR) is 133 cm³/mol. The van der Waals surface area contributed by atoms with Crippen LogP contribution < -0.4 is 5.32 Å². The molecule has 2 aromatic rings. The Hall–Kier alpha value is -3.35. The zero-order chi connectivity index (χ0) is 24.9. The number of benzene rings is 2. The van der Waals surface area contributed by atoms with Crippen LogP contribution in [0.5, 0.6) is 0 Å². The first kappa shape index (κ1) is 24.8. The second-order valence-electron chi connectivity index (χ2n) is 9.67. The van der Waals surface area contributed by atoms with Crippen LogP contribution in [0.15, 0.2) is 48.5 Å². The monoisotopic (exact) mass is 478 g/mol. The van der Waals surface area contributed by atoms with E-state index in [1.165, 1.54) is 11.1 Å². The second-order valence-corrected chi connectivity index (χ2v) is 9.67. The molecule has 0 aromatic heterocycles. The lowest BCUT2D eigenvalue weighted by Gasteiger charge is -2.37. The van der Waals surface area contributed by atoms with Crippen molar-refractivity contribution in [3.05, 3.63) is 59.7 Å². The number of fused-ring (bicyclic) bond motifs is 3. The van der Waals surface area contributed by atoms with Crippen LogP contribution in [0, 0.1) is 5.92 Å². The lowest BCUT2D eigenvalue weighted by Crippen LogP contribution is -2.49. The molecule has 4 rings (SSSR count). The molecule has 35 heavy (non-hydrogen) atoms. The average molecular weight is 479 g/mol. The normalized spacial score (nSPS) is 20.0. The number of ether oxygens (including phenoxy) is 1. The summed E-state index contributed by atoms with van der Waals surface area (Å²) >= 11 is 0. The highest BCUT2D eigenvalue weighted by atomic mass is 16.5. The number of hydrogen-bond donors (Lipinski definition) is 2. The largest absolute Gasteiger partial charge is 0.481 e. The number of piperidine rings is 1. The highest BCUT2D eigenvalue weighted by molar-refractivity contribution is 5.80. The molecule has 7 heteroatoms. The van der Waals surface area contributed by atoms with Gasteiger partial charge in [0.1, 0.15) is 6.61 Å². The van der Waals surface area contributed by atoms with Crippen molar-refractivity contribution in [1.82, 2.24) is 10.2 Å². The van der Waals surface area contributed by atoms with Gasteiger partial charge in [-0.3, -0.25) is 9.59 Å². The number of nitrogens with one attached hydrogen (secondary N) is 1. The van der Waals surface area contributed by atoms with Gasteiger partial charge < -0.3 is 20.1 Å². The number of nitrogens with zero attached hydrogens (tertiary/aromatic N) is 1. The lowest BCUT2D eigenvalue weighted by atomic mass is 9.93. The van der Waals surface area contributed by atoms with Gasteiger partial charge in [-0.2, -0.15) is 0 Å². The maximum absolute atomic E-state index is 13.0. The van der Waals surface area contributed by atoms with Gasteiger partial charge in [0.15, 0.2) is 0 Å². The number of carbonyl (C=O) groups is 3. The molecule has 2 N–H and O–H groups in total. The second kappa shape index (κ2) is 10.9. The van der Waals surface area contributed by atoms with Gasteiger partial charge in [0.05, 0.1) is 5.92 Å². The number of carboxylic acids is 1. The molecule has 2 aromatic carbocycles. The molecule has 0 bridgehead atoms. The zero-order valence-electron chi connectivity index (χ0n) is 20.4. The van der Waals surface area contributed by atoms with Crippen molar-refractivity contribution in [2.75, 3.05) is 13.2 Å². The number of rotatable bonds is 8. The van der Waals surface area contributed by atoms with Crippen molar-refractivity contribution >= 4 is 18.0 Å². The molecule has 3 atom stereocenters. The number of hydrogen-bond acceptors (Lipinski definition) is 4. The van der Waals surface area contributed by atoms with Crippen LogP contribution >= 0.6 is 0 Å². The fourth-order valence-electron chi connectivity index (χ4n) is 5.36. The SMILES string of the molecule is CCCC(CC(=O)N1CC(C(=O)O)CCC1C)NC(=O)OCC1c2ccccc2-c2ccccc21. The molecule has 0 spiro atoms. The molecule has 7 nitrogen and oxygen atoms in total. The van der Waals surface area contributed by atoms with E-state index in [0.717, 1.165) is 17.5 Å². The highest BCUT2D eigenvalue weighted by Crippen LogP contribution is 2.44. The van der Waals surface area contributed by atoms with E-state index in [9.17, 15) is 19.5 Å². The molecule has 2 aliphatic rings. The Kier molecular flexibility index (Phi) is 7.73. The predicted octanol–water partition coefficient (Wildman–Crippen LogP) is 4.80. The van der Waals surface area contributed by atoms with E-state index in [-0.39, 0.29) is 43.5 Å². The van der Waals surface area contributed by atoms with Gasteiger partial charge in [-0.15, -0.1) is 0 Å². The summed E-state index contributed by atoms with van der Waals surface area (Å²) < 4.78 is 5.66. The van der Waals surface area contributed by atoms with Crippen molar-refractivity contribution in [3.63, 3.8) is 0 Å². The van der Waals surface area contributed by atoms with Crippen LogP contribution in [0.4, 0.5) is 4.79 Å². The summed E-state index contributed by atoms with van der Waals surface area (Å²) in [7, 11) is 0. The van der Waals surface area contributed by atoms with Crippen molar-refractivity contribution in [3.8, 4) is 11.1 Å². The van der Waals surface area contributed by atoms with E-state index < -0.39 is 18.0 Å². The van der Waals surface area contributed by atoms with Gasteiger partial charge >= 0.3 is 12.1 Å². The van der Waals surface area contributed by atoms with Crippen LogP contribution in [0.1, 0.15) is 63.0 Å². The van der Waals surface area contributed by atoms with Crippen molar-refractivity contribution < 1.29 is 24.2 Å². The van der Waals surface area contributed by atoms with E-state index in [4.69, 9.17) is 4.74 Å². The summed E-state index contributed by atoms with van der Waals surface area (Å²) in [6, 6.07) is 16.0. The first-order chi connectivity index (χ1) is 16.9. The fourth-order valence-corrected chi connectivity index (χ4v) is 5.36. The third-order valence-electron chi connectivity index (χ3n) is 7.28. The molecule has 1 saturated heterocycles. The van der Waals surface area contributed by atoms with Gasteiger partial charge in [-0.25, -0.2) is 4.79 Å². The molecule has 186 valence electrons. The smallest absolute Gasteiger partial charge is 0.407 e. The quantitative estimate of drug-likeness (QED) is 0.568. The summed E-state index contributed by atoms with van der Waals surface area (Å²) in [5.41, 5.74) is 4.63. The Bertz CT molecular complexity index is 1040. The molecular formula is C28H34N2O5. The number of carboxylic acid groups (broad SMARTS) is 1. The van der Waals surface area contributed by atoms with E-state index in [2.05, 4.69) is 29.6 Å². The molecule has 0 saturated carbocycles. The number of carbonyl (C=O) groups excluding carboxylic acids is 2. The Balaban J connectivity index is 1.36. The van der Waals surface area contributed by atoms with Gasteiger partial charge in [-0.05, 0) is 48.4 Å². The third kappa shape index (κ3) is 5.50. The first-order valence-electron chi connectivity index (χ1n) is 12.5. The number of likely N-dealkylation sites (tertiary alicyclic amines) is 1. The maximum atomic E-state index is 13.0. The van der Waals surface area contributed by atoms with Crippen molar-refractivity contribution in [2.24, 2.45) is 5.92 Å². The fraction of sp³-hybridized carbons (Fsp3) is 0.464. The minimum atomic E-state index is -0.864. The third-order valence-corrected chi connectivity index (χ3v) is 7.28. The molecule has 0 radical (unpaired) electrons. The van der Waals surface area contributed by atoms with Crippen molar-refractivity contribution in [2.45, 2.75) is 64.0 Å². The lowest BCUT2D eigenvalue weighted by molar-refractivity contribution is -0.147. The van der Waals surface area contributed by atoms with Crippen LogP contribution in [0.25, 0.3) is 11.1 Å². The zero-order valence-corrected chi connectivity index (χ0v) is 20.4. The highest BCUT2D eigenvalue weighted by Gasteiger charge is 2.34. The van der Waals surface area contributed by atoms with Gasteiger partial charge in [-0.1, -0.05) is 61.9 Å². The van der Waals surface area contributed by atoms with E-state index in [1.54, 1.807) is 4.90 Å². The minimum Gasteiger partial charge on any atom is -0.481 e. The summed E-state index contributed by atoms with van der Waals surface area (Å²) in [5.74, 6) is -1.55. The number of aliphatic carboxylic acids is 1. The Morgan fingerprint density at radius 3 is 2.29 bits per heavy atom. The Labute approximate surface area is 206 Å². The van der Waals surface area contributed by atoms with Gasteiger partial charge in [0, 0.05) is 31.0 Å². The van der Waals surface area contributed by atoms with Crippen LogP contribution in [-0.2, 0) is 14.3 Å². The van der Waals surface area contributed by atoms with E-state index >= 15 is 0 Å². The molecule has 1 fully saturated rings. The molecule has 1 aliphatic carbocycles. The van der Waals surface area contributed by atoms with Gasteiger partial charge in [0.25, 0.3) is 0 Å². The minimum absolute atomic E-state index is 0.00479. The van der Waals surface area contributed by atoms with Gasteiger partial charge in [0.2, 0.25) is 5.91 Å². The summed E-state index contributed by atoms with van der Waals surface area (Å²) in [5, 5.41) is 12.3. The summed E-state index contributed by atoms with van der Waals surface area (Å²) in [6.45, 7) is 4.39. The number of alkyl carbamates (subject to hydrolysis) is 1. The van der Waals surface area contributed by atoms with E-state index in [1.807, 2.05) is 38.1 Å². The molecular weight excluding hydrogens is 444 g/mol. The Morgan fingerprint density at radius 2 is 1.69 bits per heavy atom. The number of amides is 2. The Morgan fingerprint density at radius 1 is 1.06 bits per heavy atom. The molecule has 1 aliphatic heterocycles. The molecule has 1 heterocycles. The molecule has 3 unspecified atom stereocenters. The van der Waals surface area contributed by atoms with Crippen molar-refractivity contribution in [1.29, 1.82) is 0 Å². The summed E-state index contributed by atoms with van der Waals surface area (Å²) in [4.78, 5) is 38.8. The maximum Gasteiger partial charge on any atom is 0.407 e. The topological polar surface area (TPSA) is 95.9 Å². The average Bonchev–Trinajstić information content (AvgIpc) is 3.16. The summed E-state index contributed by atoms with van der Waals surface area (Å²) in [6.07, 6.45) is 2.29.